The zero-order valence-corrected chi connectivity index (χ0v) is 18.5. The number of ether oxygens (including phenoxy) is 1. The first kappa shape index (κ1) is 21.2. The minimum absolute atomic E-state index is 0.243. The number of hydrogen-bond donors (Lipinski definition) is 0. The maximum Gasteiger partial charge on any atom is 0.172 e. The van der Waals surface area contributed by atoms with Crippen molar-refractivity contribution in [1.29, 1.82) is 0 Å². The number of methoxy groups -OCH3 is 1. The summed E-state index contributed by atoms with van der Waals surface area (Å²) in [6.45, 7) is 2.92. The summed E-state index contributed by atoms with van der Waals surface area (Å²) < 4.78 is 35.2. The lowest BCUT2D eigenvalue weighted by Crippen LogP contribution is -2.44. The van der Waals surface area contributed by atoms with Crippen LogP contribution in [-0.2, 0) is 4.84 Å². The summed E-state index contributed by atoms with van der Waals surface area (Å²) >= 11 is 0. The molecule has 5 rings (SSSR count). The van der Waals surface area contributed by atoms with Crippen LogP contribution >= 0.6 is 0 Å². The third kappa shape index (κ3) is 4.20. The van der Waals surface area contributed by atoms with Crippen molar-refractivity contribution < 1.29 is 18.4 Å². The Morgan fingerprint density at radius 3 is 2.70 bits per heavy atom. The van der Waals surface area contributed by atoms with E-state index in [4.69, 9.17) is 9.57 Å². The van der Waals surface area contributed by atoms with Gasteiger partial charge in [0, 0.05) is 18.8 Å². The highest BCUT2D eigenvalue weighted by Gasteiger charge is 2.33. The fraction of sp³-hybridized carbons (Fsp3) is 0.280. The predicted octanol–water partition coefficient (Wildman–Crippen LogP) is 5.03. The molecule has 0 bridgehead atoms. The molecule has 0 aliphatic carbocycles. The molecule has 0 saturated carbocycles. The van der Waals surface area contributed by atoms with Crippen molar-refractivity contribution in [1.82, 2.24) is 14.5 Å². The maximum absolute atomic E-state index is 13.8. The predicted molar refractivity (Wildman–Crippen MR) is 121 cm³/mol. The molecule has 170 valence electrons. The van der Waals surface area contributed by atoms with E-state index in [1.807, 2.05) is 35.9 Å². The zero-order chi connectivity index (χ0) is 22.9. The molecule has 0 amide bonds. The van der Waals surface area contributed by atoms with Gasteiger partial charge in [0.25, 0.3) is 0 Å². The molecule has 1 saturated heterocycles. The average molecular weight is 450 g/mol. The third-order valence-corrected chi connectivity index (χ3v) is 5.97. The first-order valence-corrected chi connectivity index (χ1v) is 10.8. The lowest BCUT2D eigenvalue weighted by atomic mass is 9.96. The molecule has 1 atom stereocenters. The summed E-state index contributed by atoms with van der Waals surface area (Å²) in [5, 5.41) is 4.30. The third-order valence-electron chi connectivity index (χ3n) is 5.97. The first-order valence-electron chi connectivity index (χ1n) is 10.8. The van der Waals surface area contributed by atoms with Crippen LogP contribution in [0, 0.1) is 18.6 Å². The van der Waals surface area contributed by atoms with Gasteiger partial charge >= 0.3 is 0 Å². The van der Waals surface area contributed by atoms with Crippen LogP contribution in [0.15, 0.2) is 59.7 Å². The first-order chi connectivity index (χ1) is 16.0. The summed E-state index contributed by atoms with van der Waals surface area (Å²) in [6, 6.07) is 9.28. The van der Waals surface area contributed by atoms with E-state index in [2.05, 4.69) is 21.1 Å². The van der Waals surface area contributed by atoms with E-state index in [0.717, 1.165) is 53.7 Å². The van der Waals surface area contributed by atoms with Crippen LogP contribution in [0.5, 0.6) is 5.75 Å². The number of aryl methyl sites for hydroxylation is 1. The topological polar surface area (TPSA) is 51.9 Å². The number of oxime groups is 1. The van der Waals surface area contributed by atoms with Crippen LogP contribution in [0.3, 0.4) is 0 Å². The number of aromatic nitrogens is 2. The van der Waals surface area contributed by atoms with Crippen LogP contribution in [0.4, 0.5) is 8.78 Å². The lowest BCUT2D eigenvalue weighted by Gasteiger charge is -2.40. The van der Waals surface area contributed by atoms with Crippen molar-refractivity contribution in [3.63, 3.8) is 0 Å². The quantitative estimate of drug-likeness (QED) is 0.559. The minimum Gasteiger partial charge on any atom is -0.495 e. The molecular weight excluding hydrogens is 426 g/mol. The SMILES string of the molecule is COc1cc(/C=C2\CCCN3C2=NOC[C@@H]3c2cc(F)cc(F)c2)ccc1-n1cnc(C)c1. The fourth-order valence-corrected chi connectivity index (χ4v) is 4.45. The number of amidine groups is 1. The minimum atomic E-state index is -0.595. The van der Waals surface area contributed by atoms with E-state index < -0.39 is 11.6 Å². The number of imidazole rings is 1. The van der Waals surface area contributed by atoms with Crippen molar-refractivity contribution >= 4 is 11.9 Å². The number of benzene rings is 2. The molecule has 1 fully saturated rings. The molecule has 2 aliphatic heterocycles. The van der Waals surface area contributed by atoms with Crippen molar-refractivity contribution in [2.45, 2.75) is 25.8 Å². The molecular formula is C25H24F2N4O2. The highest BCUT2D eigenvalue weighted by molar-refractivity contribution is 6.03. The van der Waals surface area contributed by atoms with Crippen LogP contribution in [-0.4, -0.2) is 40.5 Å². The van der Waals surface area contributed by atoms with E-state index in [1.165, 1.54) is 12.1 Å². The average Bonchev–Trinajstić information content (AvgIpc) is 3.24. The fourth-order valence-electron chi connectivity index (χ4n) is 4.45. The maximum atomic E-state index is 13.8. The Balaban J connectivity index is 1.46. The summed E-state index contributed by atoms with van der Waals surface area (Å²) in [4.78, 5) is 11.9. The molecule has 0 radical (unpaired) electrons. The van der Waals surface area contributed by atoms with Gasteiger partial charge in [-0.15, -0.1) is 0 Å². The Labute approximate surface area is 190 Å². The van der Waals surface area contributed by atoms with Crippen LogP contribution in [0.2, 0.25) is 0 Å². The van der Waals surface area contributed by atoms with Crippen molar-refractivity contribution in [2.24, 2.45) is 5.16 Å². The van der Waals surface area contributed by atoms with E-state index in [-0.39, 0.29) is 12.6 Å². The molecule has 1 aromatic heterocycles. The molecule has 8 heteroatoms. The molecule has 2 aromatic carbocycles. The zero-order valence-electron chi connectivity index (χ0n) is 18.5. The van der Waals surface area contributed by atoms with Gasteiger partial charge in [0.2, 0.25) is 0 Å². The standard InChI is InChI=1S/C25H24F2N4O2/c1-16-13-30(15-28-16)22-6-5-17(9-24(22)32-2)8-18-4-3-7-31-23(14-33-29-25(18)31)19-10-20(26)12-21(27)11-19/h5-6,8-13,15,23H,3-4,7,14H2,1-2H3/b18-8+/t23-/m1/s1. The second-order valence-corrected chi connectivity index (χ2v) is 8.25. The molecule has 0 spiro atoms. The second-order valence-electron chi connectivity index (χ2n) is 8.25. The Hall–Kier alpha value is -3.68. The summed E-state index contributed by atoms with van der Waals surface area (Å²) in [6.07, 6.45) is 7.50. The molecule has 6 nitrogen and oxygen atoms in total. The van der Waals surface area contributed by atoms with Gasteiger partial charge in [-0.25, -0.2) is 13.8 Å². The van der Waals surface area contributed by atoms with Gasteiger partial charge in [0.15, 0.2) is 5.84 Å². The molecule has 3 heterocycles. The highest BCUT2D eigenvalue weighted by atomic mass is 19.1. The number of fused-ring (bicyclic) bond motifs is 1. The van der Waals surface area contributed by atoms with Crippen LogP contribution in [0.25, 0.3) is 11.8 Å². The highest BCUT2D eigenvalue weighted by Crippen LogP contribution is 2.34. The summed E-state index contributed by atoms with van der Waals surface area (Å²) in [5.74, 6) is 0.240. The van der Waals surface area contributed by atoms with E-state index in [0.29, 0.717) is 11.4 Å². The molecule has 3 aromatic rings. The second kappa shape index (κ2) is 8.69. The largest absolute Gasteiger partial charge is 0.495 e. The molecule has 0 N–H and O–H groups in total. The van der Waals surface area contributed by atoms with Crippen molar-refractivity contribution in [3.8, 4) is 11.4 Å². The van der Waals surface area contributed by atoms with Crippen LogP contribution in [0.1, 0.15) is 35.7 Å². The number of rotatable bonds is 4. The van der Waals surface area contributed by atoms with E-state index >= 15 is 0 Å². The van der Waals surface area contributed by atoms with Gasteiger partial charge in [0.05, 0.1) is 30.9 Å². The van der Waals surface area contributed by atoms with Gasteiger partial charge in [-0.2, -0.15) is 0 Å². The van der Waals surface area contributed by atoms with Crippen LogP contribution < -0.4 is 4.74 Å². The smallest absolute Gasteiger partial charge is 0.172 e. The molecule has 33 heavy (non-hydrogen) atoms. The normalized spacial score (nSPS) is 19.2. The van der Waals surface area contributed by atoms with Gasteiger partial charge in [-0.1, -0.05) is 11.2 Å². The Morgan fingerprint density at radius 2 is 1.97 bits per heavy atom. The van der Waals surface area contributed by atoms with Gasteiger partial charge in [-0.05, 0) is 66.8 Å². The van der Waals surface area contributed by atoms with Crippen molar-refractivity contribution in [2.75, 3.05) is 20.3 Å². The van der Waals surface area contributed by atoms with E-state index in [1.54, 1.807) is 13.4 Å². The summed E-state index contributed by atoms with van der Waals surface area (Å²) in [5.41, 5.74) is 4.34. The Morgan fingerprint density at radius 1 is 1.15 bits per heavy atom. The van der Waals surface area contributed by atoms with E-state index in [9.17, 15) is 8.78 Å². The molecule has 2 aliphatic rings. The molecule has 0 unspecified atom stereocenters. The monoisotopic (exact) mass is 450 g/mol. The Kier molecular flexibility index (Phi) is 5.58. The number of nitrogens with zero attached hydrogens (tertiary/aromatic N) is 4. The van der Waals surface area contributed by atoms with Gasteiger partial charge < -0.3 is 19.0 Å². The van der Waals surface area contributed by atoms with Crippen molar-refractivity contribution in [3.05, 3.63) is 83.0 Å². The number of hydrogen-bond acceptors (Lipinski definition) is 5. The number of halogens is 2. The number of piperidine rings is 1. The van der Waals surface area contributed by atoms with Gasteiger partial charge in [0.1, 0.15) is 24.0 Å². The Bertz CT molecular complexity index is 1230. The lowest BCUT2D eigenvalue weighted by molar-refractivity contribution is 0.0573. The van der Waals surface area contributed by atoms with Gasteiger partial charge in [-0.3, -0.25) is 0 Å². The summed E-state index contributed by atoms with van der Waals surface area (Å²) in [7, 11) is 1.64.